The molecule has 2 amide bonds. The number of hydrogen-bond donors (Lipinski definition) is 2. The number of nitrogens with one attached hydrogen (secondary N) is 2. The van der Waals surface area contributed by atoms with Gasteiger partial charge in [-0.25, -0.2) is 9.67 Å². The van der Waals surface area contributed by atoms with Gasteiger partial charge < -0.3 is 15.4 Å². The second-order valence-electron chi connectivity index (χ2n) is 7.87. The Bertz CT molecular complexity index is 1310. The molecule has 0 radical (unpaired) electrons. The van der Waals surface area contributed by atoms with Crippen molar-refractivity contribution in [2.45, 2.75) is 33.4 Å². The van der Waals surface area contributed by atoms with E-state index in [9.17, 15) is 9.59 Å². The smallest absolute Gasteiger partial charge is 0.257 e. The summed E-state index contributed by atoms with van der Waals surface area (Å²) in [6, 6.07) is 8.98. The van der Waals surface area contributed by atoms with Gasteiger partial charge in [-0.05, 0) is 51.1 Å². The van der Waals surface area contributed by atoms with Crippen LogP contribution in [0.15, 0.2) is 48.9 Å². The van der Waals surface area contributed by atoms with Gasteiger partial charge in [0.25, 0.3) is 5.91 Å². The predicted octanol–water partition coefficient (Wildman–Crippen LogP) is 3.42. The summed E-state index contributed by atoms with van der Waals surface area (Å²) in [6.07, 6.45) is 4.80. The summed E-state index contributed by atoms with van der Waals surface area (Å²) in [7, 11) is 1.58. The molecular weight excluding hydrogens is 422 g/mol. The van der Waals surface area contributed by atoms with Crippen LogP contribution in [0.3, 0.4) is 0 Å². The van der Waals surface area contributed by atoms with Gasteiger partial charge in [0.15, 0.2) is 5.65 Å². The van der Waals surface area contributed by atoms with Crippen LogP contribution in [-0.4, -0.2) is 43.5 Å². The number of carbonyl (C=O) groups is 2. The van der Waals surface area contributed by atoms with Crippen LogP contribution in [-0.2, 0) is 11.3 Å². The molecule has 10 heteroatoms. The fourth-order valence-corrected chi connectivity index (χ4v) is 3.41. The summed E-state index contributed by atoms with van der Waals surface area (Å²) < 4.78 is 8.38. The van der Waals surface area contributed by atoms with Crippen molar-refractivity contribution in [1.82, 2.24) is 24.5 Å². The minimum Gasteiger partial charge on any atom is -0.497 e. The maximum Gasteiger partial charge on any atom is 0.257 e. The number of fused-ring (bicyclic) bond motifs is 1. The van der Waals surface area contributed by atoms with E-state index in [1.807, 2.05) is 18.5 Å². The molecule has 3 aromatic heterocycles. The van der Waals surface area contributed by atoms with E-state index in [-0.39, 0.29) is 24.4 Å². The molecule has 0 aliphatic carbocycles. The summed E-state index contributed by atoms with van der Waals surface area (Å²) in [5.74, 6) is 0.161. The Morgan fingerprint density at radius 1 is 1.06 bits per heavy atom. The zero-order valence-electron chi connectivity index (χ0n) is 18.9. The van der Waals surface area contributed by atoms with Gasteiger partial charge >= 0.3 is 0 Å². The maximum absolute atomic E-state index is 12.8. The lowest BCUT2D eigenvalue weighted by atomic mass is 10.1. The van der Waals surface area contributed by atoms with Crippen molar-refractivity contribution in [2.24, 2.45) is 0 Å². The summed E-state index contributed by atoms with van der Waals surface area (Å²) in [4.78, 5) is 29.7. The van der Waals surface area contributed by atoms with Crippen LogP contribution in [0, 0.1) is 6.92 Å². The normalized spacial score (nSPS) is 11.1. The van der Waals surface area contributed by atoms with E-state index in [1.165, 1.54) is 10.9 Å². The molecule has 0 atom stereocenters. The molecule has 3 heterocycles. The molecule has 0 saturated heterocycles. The molecule has 10 nitrogen and oxygen atoms in total. The van der Waals surface area contributed by atoms with Crippen LogP contribution in [0.5, 0.6) is 5.75 Å². The standard InChI is InChI=1S/C23H25N7O3/c1-14(2)30-22-16(10-25-30)9-20(15(3)26-22)23(32)28-18-11-24-29(12-18)13-21(31)27-17-5-7-19(33-4)8-6-17/h5-12,14H,13H2,1-4H3,(H,27,31)(H,28,32). The molecule has 33 heavy (non-hydrogen) atoms. The van der Waals surface area contributed by atoms with E-state index >= 15 is 0 Å². The van der Waals surface area contributed by atoms with Gasteiger partial charge in [0.2, 0.25) is 5.91 Å². The van der Waals surface area contributed by atoms with Crippen molar-refractivity contribution in [2.75, 3.05) is 17.7 Å². The second-order valence-corrected chi connectivity index (χ2v) is 7.87. The molecule has 2 N–H and O–H groups in total. The monoisotopic (exact) mass is 447 g/mol. The van der Waals surface area contributed by atoms with Crippen LogP contribution >= 0.6 is 0 Å². The Labute approximate surface area is 190 Å². The number of hydrogen-bond acceptors (Lipinski definition) is 6. The van der Waals surface area contributed by atoms with Crippen molar-refractivity contribution in [3.63, 3.8) is 0 Å². The van der Waals surface area contributed by atoms with Crippen LogP contribution in [0.2, 0.25) is 0 Å². The third-order valence-corrected chi connectivity index (χ3v) is 5.06. The zero-order valence-corrected chi connectivity index (χ0v) is 18.9. The molecule has 170 valence electrons. The van der Waals surface area contributed by atoms with Crippen LogP contribution in [0.1, 0.15) is 35.9 Å². The highest BCUT2D eigenvalue weighted by Crippen LogP contribution is 2.20. The van der Waals surface area contributed by atoms with E-state index in [4.69, 9.17) is 4.74 Å². The number of anilines is 2. The van der Waals surface area contributed by atoms with Crippen LogP contribution in [0.4, 0.5) is 11.4 Å². The average Bonchev–Trinajstić information content (AvgIpc) is 3.39. The highest BCUT2D eigenvalue weighted by molar-refractivity contribution is 6.06. The van der Waals surface area contributed by atoms with Gasteiger partial charge in [-0.15, -0.1) is 0 Å². The highest BCUT2D eigenvalue weighted by atomic mass is 16.5. The number of nitrogens with zero attached hydrogens (tertiary/aromatic N) is 5. The number of benzene rings is 1. The predicted molar refractivity (Wildman–Crippen MR) is 124 cm³/mol. The largest absolute Gasteiger partial charge is 0.497 e. The van der Waals surface area contributed by atoms with Gasteiger partial charge in [0, 0.05) is 23.3 Å². The van der Waals surface area contributed by atoms with Gasteiger partial charge in [-0.3, -0.25) is 14.3 Å². The summed E-state index contributed by atoms with van der Waals surface area (Å²) in [6.45, 7) is 5.85. The third kappa shape index (κ3) is 4.84. The van der Waals surface area contributed by atoms with Crippen molar-refractivity contribution in [3.8, 4) is 5.75 Å². The fourth-order valence-electron chi connectivity index (χ4n) is 3.41. The number of ether oxygens (including phenoxy) is 1. The lowest BCUT2D eigenvalue weighted by Crippen LogP contribution is -2.19. The first-order chi connectivity index (χ1) is 15.8. The molecule has 0 aliphatic rings. The second kappa shape index (κ2) is 9.11. The van der Waals surface area contributed by atoms with Crippen LogP contribution in [0.25, 0.3) is 11.0 Å². The Kier molecular flexibility index (Phi) is 6.07. The molecule has 0 unspecified atom stereocenters. The minimum absolute atomic E-state index is 0.00281. The van der Waals surface area contributed by atoms with Gasteiger partial charge in [0.1, 0.15) is 12.3 Å². The Morgan fingerprint density at radius 3 is 2.52 bits per heavy atom. The topological polar surface area (TPSA) is 116 Å². The number of aromatic nitrogens is 5. The number of amides is 2. The summed E-state index contributed by atoms with van der Waals surface area (Å²) in [5, 5.41) is 14.9. The van der Waals surface area contributed by atoms with Crippen LogP contribution < -0.4 is 15.4 Å². The molecule has 0 bridgehead atoms. The lowest BCUT2D eigenvalue weighted by Gasteiger charge is -2.09. The van der Waals surface area contributed by atoms with Gasteiger partial charge in [-0.1, -0.05) is 0 Å². The highest BCUT2D eigenvalue weighted by Gasteiger charge is 2.16. The molecule has 0 aliphatic heterocycles. The molecule has 0 spiro atoms. The quantitative estimate of drug-likeness (QED) is 0.448. The zero-order chi connectivity index (χ0) is 23.5. The summed E-state index contributed by atoms with van der Waals surface area (Å²) >= 11 is 0. The van der Waals surface area contributed by atoms with E-state index in [1.54, 1.807) is 56.8 Å². The SMILES string of the molecule is COc1ccc(NC(=O)Cn2cc(NC(=O)c3cc4cnn(C(C)C)c4nc3C)cn2)cc1. The van der Waals surface area contributed by atoms with Crippen molar-refractivity contribution < 1.29 is 14.3 Å². The Hall–Kier alpha value is -4.21. The number of methoxy groups -OCH3 is 1. The van der Waals surface area contributed by atoms with E-state index in [0.717, 1.165) is 11.0 Å². The number of aryl methyl sites for hydroxylation is 1. The first kappa shape index (κ1) is 22.0. The Morgan fingerprint density at radius 2 is 1.82 bits per heavy atom. The molecule has 0 saturated carbocycles. The average molecular weight is 447 g/mol. The van der Waals surface area contributed by atoms with Gasteiger partial charge in [-0.2, -0.15) is 10.2 Å². The first-order valence-electron chi connectivity index (χ1n) is 10.5. The number of pyridine rings is 1. The number of carbonyl (C=O) groups excluding carboxylic acids is 2. The number of rotatable bonds is 7. The summed E-state index contributed by atoms with van der Waals surface area (Å²) in [5.41, 5.74) is 2.94. The van der Waals surface area contributed by atoms with Crippen molar-refractivity contribution >= 4 is 34.2 Å². The molecule has 4 rings (SSSR count). The fraction of sp³-hybridized carbons (Fsp3) is 0.261. The van der Waals surface area contributed by atoms with Gasteiger partial charge in [0.05, 0.1) is 36.4 Å². The maximum atomic E-state index is 12.8. The first-order valence-corrected chi connectivity index (χ1v) is 10.5. The lowest BCUT2D eigenvalue weighted by molar-refractivity contribution is -0.116. The minimum atomic E-state index is -0.304. The third-order valence-electron chi connectivity index (χ3n) is 5.06. The molecule has 4 aromatic rings. The Balaban J connectivity index is 1.41. The van der Waals surface area contributed by atoms with E-state index in [2.05, 4.69) is 25.8 Å². The van der Waals surface area contributed by atoms with E-state index in [0.29, 0.717) is 28.4 Å². The molecule has 1 aromatic carbocycles. The van der Waals surface area contributed by atoms with E-state index < -0.39 is 0 Å². The molecular formula is C23H25N7O3. The van der Waals surface area contributed by atoms with Crippen molar-refractivity contribution in [3.05, 3.63) is 60.2 Å². The van der Waals surface area contributed by atoms with Crippen molar-refractivity contribution in [1.29, 1.82) is 0 Å². The molecule has 0 fully saturated rings.